The van der Waals surface area contributed by atoms with Crippen LogP contribution in [-0.2, 0) is 19.1 Å². The van der Waals surface area contributed by atoms with Gasteiger partial charge in [0.05, 0.1) is 24.4 Å². The van der Waals surface area contributed by atoms with E-state index in [1.807, 2.05) is 0 Å². The van der Waals surface area contributed by atoms with Crippen molar-refractivity contribution in [2.24, 2.45) is 0 Å². The van der Waals surface area contributed by atoms with E-state index in [0.717, 1.165) is 0 Å². The predicted octanol–water partition coefficient (Wildman–Crippen LogP) is 5.51. The van der Waals surface area contributed by atoms with E-state index in [0.29, 0.717) is 11.1 Å². The summed E-state index contributed by atoms with van der Waals surface area (Å²) in [5, 5.41) is 0. The Kier molecular flexibility index (Phi) is 8.83. The van der Waals surface area contributed by atoms with E-state index in [-0.39, 0.29) is 47.0 Å². The minimum Gasteiger partial charge on any atom is -0.423 e. The highest BCUT2D eigenvalue weighted by Gasteiger charge is 2.17. The number of methoxy groups -OCH3 is 2. The molecule has 3 aromatic carbocycles. The van der Waals surface area contributed by atoms with Crippen LogP contribution in [0.5, 0.6) is 11.5 Å². The molecule has 0 aromatic heterocycles. The maximum absolute atomic E-state index is 15.0. The van der Waals surface area contributed by atoms with Gasteiger partial charge in [-0.15, -0.1) is 0 Å². The molecule has 3 aromatic rings. The van der Waals surface area contributed by atoms with Gasteiger partial charge in [0.2, 0.25) is 0 Å². The molecular weight excluding hydrogens is 470 g/mol. The first-order chi connectivity index (χ1) is 17.2. The lowest BCUT2D eigenvalue weighted by Crippen LogP contribution is -2.13. The van der Waals surface area contributed by atoms with Crippen LogP contribution in [0.3, 0.4) is 0 Å². The van der Waals surface area contributed by atoms with Crippen LogP contribution in [0.2, 0.25) is 0 Å². The van der Waals surface area contributed by atoms with Crippen LogP contribution >= 0.6 is 0 Å². The van der Waals surface area contributed by atoms with Gasteiger partial charge in [0.15, 0.2) is 11.6 Å². The van der Waals surface area contributed by atoms with Crippen LogP contribution in [0.4, 0.5) is 8.78 Å². The highest BCUT2D eigenvalue weighted by molar-refractivity contribution is 5.90. The zero-order valence-corrected chi connectivity index (χ0v) is 19.8. The van der Waals surface area contributed by atoms with E-state index in [1.165, 1.54) is 74.9 Å². The molecule has 0 aliphatic rings. The summed E-state index contributed by atoms with van der Waals surface area (Å²) in [6.45, 7) is 7.21. The van der Waals surface area contributed by atoms with Gasteiger partial charge in [-0.05, 0) is 35.4 Å². The molecule has 6 nitrogen and oxygen atoms in total. The van der Waals surface area contributed by atoms with Gasteiger partial charge in [0.25, 0.3) is 0 Å². The predicted molar refractivity (Wildman–Crippen MR) is 131 cm³/mol. The third kappa shape index (κ3) is 6.29. The quantitative estimate of drug-likeness (QED) is 0.210. The number of esters is 2. The standard InChI is InChI=1S/C28H24F2O6/c1-17(15-33-3)27(31)35-21-9-5-19(6-10-21)23-13-14-24(26(30)25(23)29)20-7-11-22(12-8-20)36-28(32)18(2)16-34-4/h5-14H,1-2,15-16H2,3-4H3. The van der Waals surface area contributed by atoms with E-state index in [1.54, 1.807) is 0 Å². The molecule has 0 spiro atoms. The van der Waals surface area contributed by atoms with Crippen molar-refractivity contribution >= 4 is 11.9 Å². The molecule has 0 fully saturated rings. The molecule has 0 saturated carbocycles. The van der Waals surface area contributed by atoms with E-state index in [4.69, 9.17) is 18.9 Å². The van der Waals surface area contributed by atoms with Crippen molar-refractivity contribution in [1.82, 2.24) is 0 Å². The monoisotopic (exact) mass is 494 g/mol. The second-order valence-electron chi connectivity index (χ2n) is 7.69. The first-order valence-corrected chi connectivity index (χ1v) is 10.7. The van der Waals surface area contributed by atoms with E-state index in [9.17, 15) is 18.4 Å². The van der Waals surface area contributed by atoms with Crippen molar-refractivity contribution in [1.29, 1.82) is 0 Å². The molecule has 36 heavy (non-hydrogen) atoms. The Bertz CT molecular complexity index is 1180. The van der Waals surface area contributed by atoms with E-state index >= 15 is 0 Å². The van der Waals surface area contributed by atoms with Crippen LogP contribution in [0, 0.1) is 11.6 Å². The third-order valence-electron chi connectivity index (χ3n) is 5.05. The number of carbonyl (C=O) groups excluding carboxylic acids is 2. The molecule has 0 N–H and O–H groups in total. The summed E-state index contributed by atoms with van der Waals surface area (Å²) in [6, 6.07) is 14.9. The third-order valence-corrected chi connectivity index (χ3v) is 5.05. The molecule has 0 aliphatic heterocycles. The first kappa shape index (κ1) is 26.5. The molecule has 0 saturated heterocycles. The minimum atomic E-state index is -1.03. The highest BCUT2D eigenvalue weighted by atomic mass is 19.2. The van der Waals surface area contributed by atoms with Crippen molar-refractivity contribution in [3.63, 3.8) is 0 Å². The zero-order valence-electron chi connectivity index (χ0n) is 19.8. The molecule has 0 atom stereocenters. The highest BCUT2D eigenvalue weighted by Crippen LogP contribution is 2.33. The maximum atomic E-state index is 15.0. The Morgan fingerprint density at radius 3 is 1.28 bits per heavy atom. The van der Waals surface area contributed by atoms with E-state index in [2.05, 4.69) is 13.2 Å². The summed E-state index contributed by atoms with van der Waals surface area (Å²) in [5.41, 5.74) is 1.17. The normalized spacial score (nSPS) is 10.6. The van der Waals surface area contributed by atoms with Crippen LogP contribution < -0.4 is 9.47 Å². The fourth-order valence-electron chi connectivity index (χ4n) is 3.23. The smallest absolute Gasteiger partial charge is 0.341 e. The molecular formula is C28H24F2O6. The summed E-state index contributed by atoms with van der Waals surface area (Å²) < 4.78 is 50.0. The van der Waals surface area contributed by atoms with Gasteiger partial charge in [-0.3, -0.25) is 0 Å². The van der Waals surface area contributed by atoms with Crippen molar-refractivity contribution in [2.45, 2.75) is 0 Å². The van der Waals surface area contributed by atoms with Gasteiger partial charge < -0.3 is 18.9 Å². The number of rotatable bonds is 10. The molecule has 0 aliphatic carbocycles. The zero-order chi connectivity index (χ0) is 26.2. The fourth-order valence-corrected chi connectivity index (χ4v) is 3.23. The Balaban J connectivity index is 1.76. The molecule has 0 bridgehead atoms. The molecule has 3 rings (SSSR count). The fraction of sp³-hybridized carbons (Fsp3) is 0.143. The van der Waals surface area contributed by atoms with Gasteiger partial charge in [-0.2, -0.15) is 0 Å². The van der Waals surface area contributed by atoms with E-state index < -0.39 is 23.6 Å². The lowest BCUT2D eigenvalue weighted by atomic mass is 9.98. The SMILES string of the molecule is C=C(COC)C(=O)Oc1ccc(-c2ccc(-c3ccc(OC(=O)C(=C)COC)cc3)c(F)c2F)cc1. The summed E-state index contributed by atoms with van der Waals surface area (Å²) >= 11 is 0. The van der Waals surface area contributed by atoms with Crippen LogP contribution in [0.25, 0.3) is 22.3 Å². The van der Waals surface area contributed by atoms with Crippen molar-refractivity contribution in [2.75, 3.05) is 27.4 Å². The maximum Gasteiger partial charge on any atom is 0.341 e. The first-order valence-electron chi connectivity index (χ1n) is 10.7. The number of halogens is 2. The molecule has 186 valence electrons. The lowest BCUT2D eigenvalue weighted by Gasteiger charge is -2.11. The van der Waals surface area contributed by atoms with Gasteiger partial charge in [-0.25, -0.2) is 18.4 Å². The Morgan fingerprint density at radius 1 is 0.639 bits per heavy atom. The summed E-state index contributed by atoms with van der Waals surface area (Å²) in [4.78, 5) is 23.8. The minimum absolute atomic E-state index is 0.0335. The Hall–Kier alpha value is -4.14. The number of benzene rings is 3. The van der Waals surface area contributed by atoms with Gasteiger partial charge in [0, 0.05) is 25.3 Å². The summed E-state index contributed by atoms with van der Waals surface area (Å²) in [6.07, 6.45) is 0. The summed E-state index contributed by atoms with van der Waals surface area (Å²) in [7, 11) is 2.86. The van der Waals surface area contributed by atoms with Crippen molar-refractivity contribution in [3.05, 3.63) is 96.6 Å². The lowest BCUT2D eigenvalue weighted by molar-refractivity contribution is -0.131. The number of hydrogen-bond acceptors (Lipinski definition) is 6. The average molecular weight is 494 g/mol. The molecule has 8 heteroatoms. The van der Waals surface area contributed by atoms with Crippen LogP contribution in [0.15, 0.2) is 85.0 Å². The largest absolute Gasteiger partial charge is 0.423 e. The molecule has 0 unspecified atom stereocenters. The topological polar surface area (TPSA) is 71.1 Å². The Morgan fingerprint density at radius 2 is 0.972 bits per heavy atom. The van der Waals surface area contributed by atoms with Gasteiger partial charge in [0.1, 0.15) is 11.5 Å². The van der Waals surface area contributed by atoms with Crippen LogP contribution in [-0.4, -0.2) is 39.4 Å². The van der Waals surface area contributed by atoms with Gasteiger partial charge in [-0.1, -0.05) is 49.6 Å². The number of hydrogen-bond donors (Lipinski definition) is 0. The molecule has 0 heterocycles. The number of ether oxygens (including phenoxy) is 4. The average Bonchev–Trinajstić information content (AvgIpc) is 2.87. The number of carbonyl (C=O) groups is 2. The van der Waals surface area contributed by atoms with Crippen LogP contribution in [0.1, 0.15) is 0 Å². The van der Waals surface area contributed by atoms with Crippen molar-refractivity contribution < 1.29 is 37.3 Å². The summed E-state index contributed by atoms with van der Waals surface area (Å²) in [5.74, 6) is -2.90. The Labute approximate surface area is 207 Å². The molecule has 0 amide bonds. The molecule has 0 radical (unpaired) electrons. The van der Waals surface area contributed by atoms with Gasteiger partial charge >= 0.3 is 11.9 Å². The van der Waals surface area contributed by atoms with Crippen molar-refractivity contribution in [3.8, 4) is 33.8 Å². The second kappa shape index (κ2) is 12.0. The second-order valence-corrected chi connectivity index (χ2v) is 7.69.